The molecule has 4 nitrogen and oxygen atoms in total. The summed E-state index contributed by atoms with van der Waals surface area (Å²) in [4.78, 5) is 9.42. The third kappa shape index (κ3) is 3.65. The van der Waals surface area contributed by atoms with Crippen molar-refractivity contribution in [3.63, 3.8) is 0 Å². The molecule has 3 rings (SSSR count). The fourth-order valence-electron chi connectivity index (χ4n) is 3.89. The van der Waals surface area contributed by atoms with E-state index in [0.29, 0.717) is 24.5 Å². The molecule has 1 unspecified atom stereocenters. The molecule has 5 heteroatoms. The van der Waals surface area contributed by atoms with Gasteiger partial charge in [0, 0.05) is 23.5 Å². The Hall–Kier alpha value is -0.490. The van der Waals surface area contributed by atoms with E-state index in [2.05, 4.69) is 27.2 Å². The molecule has 1 aromatic heterocycles. The molecular formula is C16H27N3OS. The van der Waals surface area contributed by atoms with E-state index in [1.807, 2.05) is 6.20 Å². The third-order valence-electron chi connectivity index (χ3n) is 5.29. The Bertz CT molecular complexity index is 409. The van der Waals surface area contributed by atoms with Crippen molar-refractivity contribution in [3.8, 4) is 0 Å². The first-order chi connectivity index (χ1) is 10.3. The van der Waals surface area contributed by atoms with E-state index in [1.165, 1.54) is 43.8 Å². The van der Waals surface area contributed by atoms with Crippen LogP contribution in [0, 0.1) is 5.92 Å². The summed E-state index contributed by atoms with van der Waals surface area (Å²) in [7, 11) is 2.20. The number of nitrogens with zero attached hydrogens (tertiary/aromatic N) is 3. The van der Waals surface area contributed by atoms with Crippen LogP contribution in [0.2, 0.25) is 0 Å². The number of aliphatic hydroxyl groups excluding tert-OH is 1. The smallest absolute Gasteiger partial charge is 0.0956 e. The van der Waals surface area contributed by atoms with Crippen LogP contribution in [-0.4, -0.2) is 65.8 Å². The van der Waals surface area contributed by atoms with Gasteiger partial charge in [0.15, 0.2) is 0 Å². The second-order valence-electron chi connectivity index (χ2n) is 6.57. The van der Waals surface area contributed by atoms with E-state index in [1.54, 1.807) is 11.3 Å². The molecule has 2 aliphatic rings. The van der Waals surface area contributed by atoms with Gasteiger partial charge in [-0.25, -0.2) is 4.98 Å². The number of hydrogen-bond acceptors (Lipinski definition) is 5. The second kappa shape index (κ2) is 7.18. The standard InChI is InChI=1S/C16H27N3OS/c1-18-7-2-13(3-8-18)15(12-20)19-9-4-14(5-10-19)16-17-6-11-21-16/h6,11,13-15,20H,2-5,7-10,12H2,1H3. The molecule has 3 heterocycles. The zero-order valence-corrected chi connectivity index (χ0v) is 13.8. The number of aliphatic hydroxyl groups is 1. The molecule has 2 aliphatic heterocycles. The predicted octanol–water partition coefficient (Wildman–Crippen LogP) is 2.03. The molecular weight excluding hydrogens is 282 g/mol. The summed E-state index contributed by atoms with van der Waals surface area (Å²) < 4.78 is 0. The van der Waals surface area contributed by atoms with Gasteiger partial charge in [0.25, 0.3) is 0 Å². The Morgan fingerprint density at radius 2 is 1.95 bits per heavy atom. The van der Waals surface area contributed by atoms with Crippen LogP contribution >= 0.6 is 11.3 Å². The summed E-state index contributed by atoms with van der Waals surface area (Å²) in [5.74, 6) is 1.31. The van der Waals surface area contributed by atoms with Crippen LogP contribution in [0.5, 0.6) is 0 Å². The zero-order valence-electron chi connectivity index (χ0n) is 12.9. The van der Waals surface area contributed by atoms with Crippen molar-refractivity contribution in [3.05, 3.63) is 16.6 Å². The predicted molar refractivity (Wildman–Crippen MR) is 86.8 cm³/mol. The van der Waals surface area contributed by atoms with Crippen molar-refractivity contribution in [2.24, 2.45) is 5.92 Å². The maximum absolute atomic E-state index is 9.88. The Morgan fingerprint density at radius 1 is 1.24 bits per heavy atom. The third-order valence-corrected chi connectivity index (χ3v) is 6.23. The largest absolute Gasteiger partial charge is 0.395 e. The average Bonchev–Trinajstić information content (AvgIpc) is 3.05. The van der Waals surface area contributed by atoms with Crippen LogP contribution < -0.4 is 0 Å². The number of likely N-dealkylation sites (tertiary alicyclic amines) is 2. The van der Waals surface area contributed by atoms with Crippen molar-refractivity contribution >= 4 is 11.3 Å². The lowest BCUT2D eigenvalue weighted by Gasteiger charge is -2.42. The minimum absolute atomic E-state index is 0.316. The fourth-order valence-corrected chi connectivity index (χ4v) is 4.70. The van der Waals surface area contributed by atoms with Gasteiger partial charge in [-0.3, -0.25) is 4.90 Å². The number of aromatic nitrogens is 1. The molecule has 1 atom stereocenters. The van der Waals surface area contributed by atoms with Crippen molar-refractivity contribution in [2.75, 3.05) is 39.8 Å². The molecule has 21 heavy (non-hydrogen) atoms. The highest BCUT2D eigenvalue weighted by atomic mass is 32.1. The van der Waals surface area contributed by atoms with E-state index in [4.69, 9.17) is 0 Å². The number of hydrogen-bond donors (Lipinski definition) is 1. The Labute approximate surface area is 131 Å². The van der Waals surface area contributed by atoms with Crippen molar-refractivity contribution < 1.29 is 5.11 Å². The van der Waals surface area contributed by atoms with Crippen molar-refractivity contribution in [2.45, 2.75) is 37.6 Å². The van der Waals surface area contributed by atoms with Crippen LogP contribution in [0.4, 0.5) is 0 Å². The summed E-state index contributed by atoms with van der Waals surface area (Å²) in [6.45, 7) is 4.90. The van der Waals surface area contributed by atoms with E-state index in [9.17, 15) is 5.11 Å². The van der Waals surface area contributed by atoms with Crippen molar-refractivity contribution in [1.82, 2.24) is 14.8 Å². The van der Waals surface area contributed by atoms with Gasteiger partial charge in [0.2, 0.25) is 0 Å². The lowest BCUT2D eigenvalue weighted by molar-refractivity contribution is 0.0372. The van der Waals surface area contributed by atoms with Crippen LogP contribution in [0.25, 0.3) is 0 Å². The van der Waals surface area contributed by atoms with E-state index in [-0.39, 0.29) is 0 Å². The quantitative estimate of drug-likeness (QED) is 0.924. The first-order valence-corrected chi connectivity index (χ1v) is 9.08. The number of rotatable bonds is 4. The van der Waals surface area contributed by atoms with Crippen LogP contribution in [0.15, 0.2) is 11.6 Å². The SMILES string of the molecule is CN1CCC(C(CO)N2CCC(c3nccs3)CC2)CC1. The molecule has 1 N–H and O–H groups in total. The van der Waals surface area contributed by atoms with Gasteiger partial charge in [-0.1, -0.05) is 0 Å². The minimum Gasteiger partial charge on any atom is -0.395 e. The number of thiazole rings is 1. The molecule has 0 bridgehead atoms. The lowest BCUT2D eigenvalue weighted by Crippen LogP contribution is -2.49. The first-order valence-electron chi connectivity index (χ1n) is 8.20. The van der Waals surface area contributed by atoms with Gasteiger partial charge in [-0.15, -0.1) is 11.3 Å². The van der Waals surface area contributed by atoms with Gasteiger partial charge in [0.1, 0.15) is 0 Å². The highest BCUT2D eigenvalue weighted by Crippen LogP contribution is 2.32. The first kappa shape index (κ1) is 15.4. The minimum atomic E-state index is 0.316. The lowest BCUT2D eigenvalue weighted by atomic mass is 9.87. The Kier molecular flexibility index (Phi) is 5.27. The molecule has 0 aliphatic carbocycles. The van der Waals surface area contributed by atoms with Gasteiger partial charge in [0.05, 0.1) is 11.6 Å². The molecule has 0 saturated carbocycles. The molecule has 2 saturated heterocycles. The Balaban J connectivity index is 1.54. The summed E-state index contributed by atoms with van der Waals surface area (Å²) >= 11 is 1.79. The molecule has 1 aromatic rings. The maximum atomic E-state index is 9.88. The van der Waals surface area contributed by atoms with Crippen LogP contribution in [0.1, 0.15) is 36.6 Å². The molecule has 0 aromatic carbocycles. The van der Waals surface area contributed by atoms with Gasteiger partial charge in [-0.05, 0) is 64.8 Å². The molecule has 118 valence electrons. The normalized spacial score (nSPS) is 25.2. The molecule has 0 amide bonds. The molecule has 2 fully saturated rings. The van der Waals surface area contributed by atoms with Crippen LogP contribution in [-0.2, 0) is 0 Å². The highest BCUT2D eigenvalue weighted by Gasteiger charge is 2.32. The fraction of sp³-hybridized carbons (Fsp3) is 0.812. The Morgan fingerprint density at radius 3 is 2.52 bits per heavy atom. The zero-order chi connectivity index (χ0) is 14.7. The summed E-state index contributed by atoms with van der Waals surface area (Å²) in [6.07, 6.45) is 6.76. The second-order valence-corrected chi connectivity index (χ2v) is 7.50. The molecule has 0 radical (unpaired) electrons. The van der Waals surface area contributed by atoms with E-state index >= 15 is 0 Å². The summed E-state index contributed by atoms with van der Waals surface area (Å²) in [6, 6.07) is 0.371. The number of piperidine rings is 2. The van der Waals surface area contributed by atoms with Gasteiger partial charge < -0.3 is 10.0 Å². The van der Waals surface area contributed by atoms with Crippen LogP contribution in [0.3, 0.4) is 0 Å². The van der Waals surface area contributed by atoms with Gasteiger partial charge in [-0.2, -0.15) is 0 Å². The topological polar surface area (TPSA) is 39.6 Å². The highest BCUT2D eigenvalue weighted by molar-refractivity contribution is 7.09. The summed E-state index contributed by atoms with van der Waals surface area (Å²) in [5.41, 5.74) is 0. The van der Waals surface area contributed by atoms with E-state index in [0.717, 1.165) is 13.1 Å². The summed E-state index contributed by atoms with van der Waals surface area (Å²) in [5, 5.41) is 13.3. The average molecular weight is 309 g/mol. The monoisotopic (exact) mass is 309 g/mol. The molecule has 0 spiro atoms. The van der Waals surface area contributed by atoms with Crippen molar-refractivity contribution in [1.29, 1.82) is 0 Å². The van der Waals surface area contributed by atoms with Gasteiger partial charge >= 0.3 is 0 Å². The maximum Gasteiger partial charge on any atom is 0.0956 e. The van der Waals surface area contributed by atoms with E-state index < -0.39 is 0 Å².